The maximum Gasteiger partial charge on any atom is 0.163 e. The average Bonchev–Trinajstić information content (AvgIpc) is 3.16. The first kappa shape index (κ1) is 18.8. The standard InChI is InChI=1S/C21H22ClN5O/c1-28-14-18-5-3-11-27(18)26-20-12-19(15-6-8-17(22)9-7-15)24-21(25-20)16-4-2-10-23-13-16/h2,4,6-10,12-13,18H,3,5,11,14H2,1H3,(H,24,25,26)/t18-/m0/s1. The van der Waals surface area contributed by atoms with Gasteiger partial charge in [-0.05, 0) is 37.1 Å². The zero-order valence-electron chi connectivity index (χ0n) is 15.7. The Morgan fingerprint density at radius 1 is 1.18 bits per heavy atom. The Kier molecular flexibility index (Phi) is 5.81. The third kappa shape index (κ3) is 4.30. The van der Waals surface area contributed by atoms with Crippen molar-refractivity contribution in [3.8, 4) is 22.6 Å². The number of hydrazine groups is 1. The number of ether oxygens (including phenoxy) is 1. The number of nitrogens with one attached hydrogen (secondary N) is 1. The van der Waals surface area contributed by atoms with Crippen LogP contribution >= 0.6 is 11.6 Å². The summed E-state index contributed by atoms with van der Waals surface area (Å²) >= 11 is 6.04. The molecule has 0 radical (unpaired) electrons. The van der Waals surface area contributed by atoms with Crippen LogP contribution in [0.1, 0.15) is 12.8 Å². The molecule has 1 atom stereocenters. The predicted octanol–water partition coefficient (Wildman–Crippen LogP) is 4.30. The van der Waals surface area contributed by atoms with Gasteiger partial charge in [-0.15, -0.1) is 0 Å². The lowest BCUT2D eigenvalue weighted by atomic mass is 10.1. The van der Waals surface area contributed by atoms with Gasteiger partial charge in [0.05, 0.1) is 18.3 Å². The van der Waals surface area contributed by atoms with Crippen molar-refractivity contribution >= 4 is 17.4 Å². The summed E-state index contributed by atoms with van der Waals surface area (Å²) in [6.45, 7) is 1.65. The van der Waals surface area contributed by atoms with Crippen LogP contribution in [0.25, 0.3) is 22.6 Å². The molecule has 3 heterocycles. The van der Waals surface area contributed by atoms with Crippen LogP contribution in [0.4, 0.5) is 5.82 Å². The van der Waals surface area contributed by atoms with Crippen molar-refractivity contribution in [3.05, 3.63) is 59.9 Å². The van der Waals surface area contributed by atoms with Crippen LogP contribution in [0.5, 0.6) is 0 Å². The second-order valence-corrected chi connectivity index (χ2v) is 7.20. The van der Waals surface area contributed by atoms with E-state index in [9.17, 15) is 0 Å². The largest absolute Gasteiger partial charge is 0.383 e. The molecule has 0 spiro atoms. The number of benzene rings is 1. The molecule has 144 valence electrons. The molecule has 1 aliphatic rings. The van der Waals surface area contributed by atoms with E-state index >= 15 is 0 Å². The highest BCUT2D eigenvalue weighted by Crippen LogP contribution is 2.26. The summed E-state index contributed by atoms with van der Waals surface area (Å²) in [5.74, 6) is 1.38. The van der Waals surface area contributed by atoms with Crippen molar-refractivity contribution in [1.29, 1.82) is 0 Å². The van der Waals surface area contributed by atoms with Gasteiger partial charge in [0, 0.05) is 48.3 Å². The van der Waals surface area contributed by atoms with E-state index in [0.29, 0.717) is 23.5 Å². The van der Waals surface area contributed by atoms with Crippen molar-refractivity contribution in [2.24, 2.45) is 0 Å². The van der Waals surface area contributed by atoms with Crippen molar-refractivity contribution in [3.63, 3.8) is 0 Å². The first-order valence-electron chi connectivity index (χ1n) is 9.30. The second-order valence-electron chi connectivity index (χ2n) is 6.77. The van der Waals surface area contributed by atoms with E-state index in [4.69, 9.17) is 26.3 Å². The quantitative estimate of drug-likeness (QED) is 0.671. The summed E-state index contributed by atoms with van der Waals surface area (Å²) in [6.07, 6.45) is 5.75. The van der Waals surface area contributed by atoms with E-state index < -0.39 is 0 Å². The van der Waals surface area contributed by atoms with E-state index in [1.807, 2.05) is 42.5 Å². The molecule has 0 bridgehead atoms. The third-order valence-corrected chi connectivity index (χ3v) is 5.03. The number of pyridine rings is 1. The van der Waals surface area contributed by atoms with Crippen LogP contribution in [-0.2, 0) is 4.74 Å². The van der Waals surface area contributed by atoms with Crippen LogP contribution in [0.3, 0.4) is 0 Å². The highest BCUT2D eigenvalue weighted by molar-refractivity contribution is 6.30. The minimum absolute atomic E-state index is 0.334. The smallest absolute Gasteiger partial charge is 0.163 e. The van der Waals surface area contributed by atoms with Gasteiger partial charge < -0.3 is 10.2 Å². The van der Waals surface area contributed by atoms with Crippen molar-refractivity contribution in [1.82, 2.24) is 20.0 Å². The van der Waals surface area contributed by atoms with E-state index in [2.05, 4.69) is 15.4 Å². The number of rotatable bonds is 6. The highest BCUT2D eigenvalue weighted by Gasteiger charge is 2.25. The van der Waals surface area contributed by atoms with Gasteiger partial charge in [-0.3, -0.25) is 4.98 Å². The minimum Gasteiger partial charge on any atom is -0.383 e. The summed E-state index contributed by atoms with van der Waals surface area (Å²) in [7, 11) is 1.74. The summed E-state index contributed by atoms with van der Waals surface area (Å²) in [5, 5.41) is 2.90. The van der Waals surface area contributed by atoms with Crippen LogP contribution in [-0.4, -0.2) is 46.3 Å². The molecular formula is C21H22ClN5O. The zero-order valence-corrected chi connectivity index (χ0v) is 16.4. The Hall–Kier alpha value is -2.54. The highest BCUT2D eigenvalue weighted by atomic mass is 35.5. The van der Waals surface area contributed by atoms with Gasteiger partial charge >= 0.3 is 0 Å². The molecule has 6 nitrogen and oxygen atoms in total. The van der Waals surface area contributed by atoms with Crippen molar-refractivity contribution in [2.75, 3.05) is 25.7 Å². The maximum atomic E-state index is 6.04. The average molecular weight is 396 g/mol. The van der Waals surface area contributed by atoms with Gasteiger partial charge in [-0.25, -0.2) is 15.0 Å². The molecular weight excluding hydrogens is 374 g/mol. The van der Waals surface area contributed by atoms with Crippen LogP contribution in [0.2, 0.25) is 5.02 Å². The zero-order chi connectivity index (χ0) is 19.3. The van der Waals surface area contributed by atoms with E-state index in [1.54, 1.807) is 19.5 Å². The fourth-order valence-corrected chi connectivity index (χ4v) is 3.52. The Morgan fingerprint density at radius 2 is 2.04 bits per heavy atom. The molecule has 1 aliphatic heterocycles. The second kappa shape index (κ2) is 8.65. The number of hydrogen-bond donors (Lipinski definition) is 1. The Balaban J connectivity index is 1.70. The molecule has 1 N–H and O–H groups in total. The Bertz CT molecular complexity index is 920. The lowest BCUT2D eigenvalue weighted by molar-refractivity contribution is 0.128. The van der Waals surface area contributed by atoms with E-state index in [0.717, 1.165) is 42.0 Å². The summed E-state index contributed by atoms with van der Waals surface area (Å²) in [6, 6.07) is 13.8. The lowest BCUT2D eigenvalue weighted by Gasteiger charge is -2.25. The third-order valence-electron chi connectivity index (χ3n) is 4.78. The van der Waals surface area contributed by atoms with Gasteiger partial charge in [0.1, 0.15) is 5.82 Å². The molecule has 0 amide bonds. The summed E-state index contributed by atoms with van der Waals surface area (Å²) in [4.78, 5) is 13.7. The van der Waals surface area contributed by atoms with Gasteiger partial charge in [-0.1, -0.05) is 23.7 Å². The van der Waals surface area contributed by atoms with Gasteiger partial charge in [0.25, 0.3) is 0 Å². The molecule has 1 saturated heterocycles. The topological polar surface area (TPSA) is 63.2 Å². The molecule has 28 heavy (non-hydrogen) atoms. The predicted molar refractivity (Wildman–Crippen MR) is 111 cm³/mol. The summed E-state index contributed by atoms with van der Waals surface area (Å²) in [5.41, 5.74) is 6.15. The molecule has 3 aromatic rings. The number of methoxy groups -OCH3 is 1. The number of aromatic nitrogens is 3. The molecule has 0 aliphatic carbocycles. The van der Waals surface area contributed by atoms with Crippen LogP contribution in [0, 0.1) is 0 Å². The van der Waals surface area contributed by atoms with E-state index in [1.165, 1.54) is 0 Å². The van der Waals surface area contributed by atoms with Crippen molar-refractivity contribution in [2.45, 2.75) is 18.9 Å². The number of hydrogen-bond acceptors (Lipinski definition) is 6. The minimum atomic E-state index is 0.334. The van der Waals surface area contributed by atoms with Gasteiger partial charge in [-0.2, -0.15) is 0 Å². The number of nitrogens with zero attached hydrogens (tertiary/aromatic N) is 4. The fraction of sp³-hybridized carbons (Fsp3) is 0.286. The van der Waals surface area contributed by atoms with E-state index in [-0.39, 0.29) is 0 Å². The monoisotopic (exact) mass is 395 g/mol. The maximum absolute atomic E-state index is 6.04. The molecule has 4 rings (SSSR count). The van der Waals surface area contributed by atoms with Crippen LogP contribution < -0.4 is 5.43 Å². The molecule has 1 aromatic carbocycles. The lowest BCUT2D eigenvalue weighted by Crippen LogP contribution is -2.37. The molecule has 0 unspecified atom stereocenters. The fourth-order valence-electron chi connectivity index (χ4n) is 3.39. The first-order valence-corrected chi connectivity index (χ1v) is 9.68. The number of halogens is 1. The number of anilines is 1. The van der Waals surface area contributed by atoms with Crippen molar-refractivity contribution < 1.29 is 4.74 Å². The molecule has 7 heteroatoms. The van der Waals surface area contributed by atoms with Crippen LogP contribution in [0.15, 0.2) is 54.9 Å². The first-order chi connectivity index (χ1) is 13.7. The molecule has 2 aromatic heterocycles. The molecule has 1 fully saturated rings. The Labute approximate surface area is 169 Å². The Morgan fingerprint density at radius 3 is 2.79 bits per heavy atom. The van der Waals surface area contributed by atoms with Gasteiger partial charge in [0.15, 0.2) is 5.82 Å². The normalized spacial score (nSPS) is 17.0. The SMILES string of the molecule is COC[C@@H]1CCCN1Nc1cc(-c2ccc(Cl)cc2)nc(-c2cccnc2)n1. The molecule has 0 saturated carbocycles. The summed E-state index contributed by atoms with van der Waals surface area (Å²) < 4.78 is 5.36. The van der Waals surface area contributed by atoms with Gasteiger partial charge in [0.2, 0.25) is 0 Å².